The molecule has 0 unspecified atom stereocenters. The Labute approximate surface area is 113 Å². The van der Waals surface area contributed by atoms with Crippen LogP contribution < -0.4 is 0 Å². The minimum atomic E-state index is -0.560. The average Bonchev–Trinajstić information content (AvgIpc) is 2.49. The van der Waals surface area contributed by atoms with Gasteiger partial charge >= 0.3 is 6.09 Å². The molecule has 5 heteroatoms. The lowest BCUT2D eigenvalue weighted by Crippen LogP contribution is -2.44. The third kappa shape index (κ3) is 3.15. The van der Waals surface area contributed by atoms with E-state index >= 15 is 0 Å². The molecule has 0 saturated carbocycles. The van der Waals surface area contributed by atoms with Crippen LogP contribution in [0.1, 0.15) is 27.2 Å². The molecule has 0 aromatic heterocycles. The molecule has 2 rings (SSSR count). The summed E-state index contributed by atoms with van der Waals surface area (Å²) in [6.45, 7) is 6.44. The fraction of sp³-hybridized carbons (Fsp3) is 0.714. The van der Waals surface area contributed by atoms with E-state index in [2.05, 4.69) is 0 Å². The highest BCUT2D eigenvalue weighted by atomic mass is 16.6. The number of hydrogen-bond acceptors (Lipinski definition) is 4. The molecule has 19 heavy (non-hydrogen) atoms. The van der Waals surface area contributed by atoms with E-state index in [4.69, 9.17) is 9.47 Å². The van der Waals surface area contributed by atoms with Crippen LogP contribution >= 0.6 is 0 Å². The zero-order chi connectivity index (χ0) is 14.0. The highest BCUT2D eigenvalue weighted by molar-refractivity contribution is 5.75. The quantitative estimate of drug-likeness (QED) is 0.536. The third-order valence-electron chi connectivity index (χ3n) is 3.35. The van der Waals surface area contributed by atoms with E-state index < -0.39 is 17.7 Å². The lowest BCUT2D eigenvalue weighted by molar-refractivity contribution is -0.115. The highest BCUT2D eigenvalue weighted by Gasteiger charge is 2.45. The van der Waals surface area contributed by atoms with Gasteiger partial charge in [-0.1, -0.05) is 12.2 Å². The molecule has 106 valence electrons. The lowest BCUT2D eigenvalue weighted by atomic mass is 9.99. The lowest BCUT2D eigenvalue weighted by Gasteiger charge is -2.27. The molecule has 0 N–H and O–H groups in total. The first-order valence-electron chi connectivity index (χ1n) is 6.64. The monoisotopic (exact) mass is 267 g/mol. The minimum Gasteiger partial charge on any atom is -0.444 e. The van der Waals surface area contributed by atoms with Crippen molar-refractivity contribution >= 4 is 12.4 Å². The van der Waals surface area contributed by atoms with Gasteiger partial charge in [-0.2, -0.15) is 0 Å². The SMILES string of the molecule is CC(C)(C)OC(=O)N1C[C@@H]2CC=CCO[C@H]2[C@H]1C=O. The molecule has 3 atom stereocenters. The van der Waals surface area contributed by atoms with Crippen molar-refractivity contribution in [1.82, 2.24) is 4.90 Å². The van der Waals surface area contributed by atoms with Crippen molar-refractivity contribution in [2.75, 3.05) is 13.2 Å². The molecule has 1 saturated heterocycles. The topological polar surface area (TPSA) is 55.8 Å². The van der Waals surface area contributed by atoms with E-state index in [1.54, 1.807) is 0 Å². The summed E-state index contributed by atoms with van der Waals surface area (Å²) in [5.74, 6) is 0.168. The normalized spacial score (nSPS) is 30.7. The maximum atomic E-state index is 12.1. The molecular formula is C14H21NO4. The number of amides is 1. The summed E-state index contributed by atoms with van der Waals surface area (Å²) in [6.07, 6.45) is 4.96. The minimum absolute atomic E-state index is 0.168. The molecule has 0 bridgehead atoms. The number of aldehydes is 1. The van der Waals surface area contributed by atoms with Gasteiger partial charge in [0.15, 0.2) is 0 Å². The van der Waals surface area contributed by atoms with Crippen LogP contribution in [0.3, 0.4) is 0 Å². The van der Waals surface area contributed by atoms with Gasteiger partial charge < -0.3 is 14.3 Å². The summed E-state index contributed by atoms with van der Waals surface area (Å²) in [5.41, 5.74) is -0.560. The van der Waals surface area contributed by atoms with Gasteiger partial charge in [-0.25, -0.2) is 4.79 Å². The van der Waals surface area contributed by atoms with Crippen LogP contribution in [0, 0.1) is 5.92 Å². The Bertz CT molecular complexity index is 385. The maximum absolute atomic E-state index is 12.1. The molecule has 0 aliphatic carbocycles. The maximum Gasteiger partial charge on any atom is 0.410 e. The molecule has 2 aliphatic heterocycles. The number of carbonyl (C=O) groups is 2. The Balaban J connectivity index is 2.11. The van der Waals surface area contributed by atoms with Crippen molar-refractivity contribution < 1.29 is 19.1 Å². The number of rotatable bonds is 1. The second-order valence-electron chi connectivity index (χ2n) is 6.02. The van der Waals surface area contributed by atoms with E-state index in [1.807, 2.05) is 32.9 Å². The van der Waals surface area contributed by atoms with E-state index in [0.717, 1.165) is 12.7 Å². The van der Waals surface area contributed by atoms with Gasteiger partial charge in [0, 0.05) is 12.5 Å². The highest BCUT2D eigenvalue weighted by Crippen LogP contribution is 2.31. The van der Waals surface area contributed by atoms with E-state index in [0.29, 0.717) is 13.2 Å². The zero-order valence-electron chi connectivity index (χ0n) is 11.7. The molecular weight excluding hydrogens is 246 g/mol. The molecule has 0 aromatic rings. The van der Waals surface area contributed by atoms with Crippen LogP contribution in [0.4, 0.5) is 4.79 Å². The average molecular weight is 267 g/mol. The van der Waals surface area contributed by atoms with Crippen LogP contribution in [-0.4, -0.2) is 48.2 Å². The number of likely N-dealkylation sites (tertiary alicyclic amines) is 1. The van der Waals surface area contributed by atoms with Crippen molar-refractivity contribution in [1.29, 1.82) is 0 Å². The van der Waals surface area contributed by atoms with E-state index in [9.17, 15) is 9.59 Å². The molecule has 1 fully saturated rings. The second kappa shape index (κ2) is 5.33. The molecule has 1 amide bonds. The first-order chi connectivity index (χ1) is 8.92. The van der Waals surface area contributed by atoms with E-state index in [-0.39, 0.29) is 12.0 Å². The fourth-order valence-electron chi connectivity index (χ4n) is 2.55. The van der Waals surface area contributed by atoms with Gasteiger partial charge in [0.25, 0.3) is 0 Å². The van der Waals surface area contributed by atoms with Crippen molar-refractivity contribution in [2.24, 2.45) is 5.92 Å². The largest absolute Gasteiger partial charge is 0.444 e. The predicted octanol–water partition coefficient (Wildman–Crippen LogP) is 1.77. The molecule has 2 aliphatic rings. The van der Waals surface area contributed by atoms with Crippen LogP contribution in [0.5, 0.6) is 0 Å². The van der Waals surface area contributed by atoms with Crippen LogP contribution in [0.15, 0.2) is 12.2 Å². The van der Waals surface area contributed by atoms with Gasteiger partial charge in [-0.3, -0.25) is 4.90 Å². The molecule has 5 nitrogen and oxygen atoms in total. The summed E-state index contributed by atoms with van der Waals surface area (Å²) < 4.78 is 11.0. The number of fused-ring (bicyclic) bond motifs is 1. The van der Waals surface area contributed by atoms with Crippen molar-refractivity contribution in [3.63, 3.8) is 0 Å². The van der Waals surface area contributed by atoms with Gasteiger partial charge in [-0.05, 0) is 27.2 Å². The fourth-order valence-corrected chi connectivity index (χ4v) is 2.55. The summed E-state index contributed by atoms with van der Waals surface area (Å²) in [7, 11) is 0. The zero-order valence-corrected chi connectivity index (χ0v) is 11.7. The standard InChI is InChI=1S/C14H21NO4/c1-14(2,3)19-13(17)15-8-10-6-4-5-7-18-12(10)11(15)9-16/h4-5,9-12H,6-8H2,1-3H3/t10-,11+,12+/m0/s1. The van der Waals surface area contributed by atoms with Crippen molar-refractivity contribution in [3.05, 3.63) is 12.2 Å². The van der Waals surface area contributed by atoms with Gasteiger partial charge in [0.2, 0.25) is 0 Å². The first-order valence-corrected chi connectivity index (χ1v) is 6.64. The van der Waals surface area contributed by atoms with Crippen LogP contribution in [0.25, 0.3) is 0 Å². The number of allylic oxidation sites excluding steroid dienone is 1. The van der Waals surface area contributed by atoms with Crippen molar-refractivity contribution in [2.45, 2.75) is 44.9 Å². The van der Waals surface area contributed by atoms with Crippen molar-refractivity contribution in [3.8, 4) is 0 Å². The summed E-state index contributed by atoms with van der Waals surface area (Å²) in [6, 6.07) is -0.542. The number of carbonyl (C=O) groups excluding carboxylic acids is 2. The summed E-state index contributed by atoms with van der Waals surface area (Å²) in [4.78, 5) is 24.9. The Hall–Kier alpha value is -1.36. The van der Waals surface area contributed by atoms with Gasteiger partial charge in [0.05, 0.1) is 12.7 Å². The molecule has 0 spiro atoms. The predicted molar refractivity (Wildman–Crippen MR) is 69.8 cm³/mol. The van der Waals surface area contributed by atoms with Crippen LogP contribution in [-0.2, 0) is 14.3 Å². The third-order valence-corrected chi connectivity index (χ3v) is 3.35. The second-order valence-corrected chi connectivity index (χ2v) is 6.02. The van der Waals surface area contributed by atoms with Crippen LogP contribution in [0.2, 0.25) is 0 Å². The van der Waals surface area contributed by atoms with Gasteiger partial charge in [0.1, 0.15) is 17.9 Å². The molecule has 0 radical (unpaired) electrons. The number of ether oxygens (including phenoxy) is 2. The first kappa shape index (κ1) is 14.1. The summed E-state index contributed by atoms with van der Waals surface area (Å²) in [5, 5.41) is 0. The Morgan fingerprint density at radius 1 is 1.42 bits per heavy atom. The molecule has 0 aromatic carbocycles. The summed E-state index contributed by atoms with van der Waals surface area (Å²) >= 11 is 0. The Morgan fingerprint density at radius 3 is 2.79 bits per heavy atom. The Morgan fingerprint density at radius 2 is 2.16 bits per heavy atom. The number of hydrogen-bond donors (Lipinski definition) is 0. The molecule has 2 heterocycles. The van der Waals surface area contributed by atoms with E-state index in [1.165, 1.54) is 4.90 Å². The number of nitrogens with zero attached hydrogens (tertiary/aromatic N) is 1. The smallest absolute Gasteiger partial charge is 0.410 e. The Kier molecular flexibility index (Phi) is 3.94. The van der Waals surface area contributed by atoms with Gasteiger partial charge in [-0.15, -0.1) is 0 Å².